The van der Waals surface area contributed by atoms with Gasteiger partial charge in [0.1, 0.15) is 11.4 Å². The number of ether oxygens (including phenoxy) is 2. The standard InChI is InChI=1S/C15H23NO3/c1-10(2)18-13-7-12(8-16-9-13)11(3)14(17)19-15(4,5)6/h7-11H,1-6H3. The lowest BCUT2D eigenvalue weighted by Gasteiger charge is -2.22. The third-order valence-electron chi connectivity index (χ3n) is 2.37. The Morgan fingerprint density at radius 3 is 2.37 bits per heavy atom. The number of carbonyl (C=O) groups is 1. The van der Waals surface area contributed by atoms with Crippen molar-refractivity contribution in [2.45, 2.75) is 59.2 Å². The fourth-order valence-electron chi connectivity index (χ4n) is 1.54. The predicted molar refractivity (Wildman–Crippen MR) is 74.3 cm³/mol. The maximum Gasteiger partial charge on any atom is 0.313 e. The summed E-state index contributed by atoms with van der Waals surface area (Å²) in [7, 11) is 0. The summed E-state index contributed by atoms with van der Waals surface area (Å²) in [6.45, 7) is 11.3. The molecule has 4 nitrogen and oxygen atoms in total. The average Bonchev–Trinajstić information content (AvgIpc) is 2.25. The van der Waals surface area contributed by atoms with Gasteiger partial charge in [0.2, 0.25) is 0 Å². The molecule has 0 fully saturated rings. The van der Waals surface area contributed by atoms with Crippen LogP contribution in [0.5, 0.6) is 5.75 Å². The molecule has 0 aliphatic heterocycles. The van der Waals surface area contributed by atoms with Gasteiger partial charge in [0, 0.05) is 6.20 Å². The van der Waals surface area contributed by atoms with E-state index < -0.39 is 5.60 Å². The minimum absolute atomic E-state index is 0.0777. The summed E-state index contributed by atoms with van der Waals surface area (Å²) in [6, 6.07) is 1.83. The molecule has 0 saturated carbocycles. The lowest BCUT2D eigenvalue weighted by atomic mass is 10.0. The Balaban J connectivity index is 2.82. The summed E-state index contributed by atoms with van der Waals surface area (Å²) in [5.74, 6) is 0.0568. The summed E-state index contributed by atoms with van der Waals surface area (Å²) >= 11 is 0. The van der Waals surface area contributed by atoms with Gasteiger partial charge >= 0.3 is 5.97 Å². The second kappa shape index (κ2) is 6.04. The fourth-order valence-corrected chi connectivity index (χ4v) is 1.54. The SMILES string of the molecule is CC(C)Oc1cncc(C(C)C(=O)OC(C)(C)C)c1. The van der Waals surface area contributed by atoms with Crippen LogP contribution in [0.4, 0.5) is 0 Å². The number of hydrogen-bond acceptors (Lipinski definition) is 4. The zero-order valence-electron chi connectivity index (χ0n) is 12.6. The van der Waals surface area contributed by atoms with E-state index in [1.54, 1.807) is 12.4 Å². The number of carbonyl (C=O) groups excluding carboxylic acids is 1. The van der Waals surface area contributed by atoms with Crippen LogP contribution < -0.4 is 4.74 Å². The van der Waals surface area contributed by atoms with Crippen molar-refractivity contribution in [2.24, 2.45) is 0 Å². The molecule has 0 aromatic carbocycles. The normalized spacial score (nSPS) is 13.2. The average molecular weight is 265 g/mol. The molecule has 0 N–H and O–H groups in total. The minimum atomic E-state index is -0.481. The van der Waals surface area contributed by atoms with Crippen molar-refractivity contribution in [1.82, 2.24) is 4.98 Å². The molecule has 0 amide bonds. The Bertz CT molecular complexity index is 435. The van der Waals surface area contributed by atoms with Crippen molar-refractivity contribution >= 4 is 5.97 Å². The Morgan fingerprint density at radius 1 is 1.21 bits per heavy atom. The minimum Gasteiger partial charge on any atom is -0.489 e. The van der Waals surface area contributed by atoms with Gasteiger partial charge in [0.15, 0.2) is 0 Å². The highest BCUT2D eigenvalue weighted by Crippen LogP contribution is 2.23. The topological polar surface area (TPSA) is 48.4 Å². The second-order valence-electron chi connectivity index (χ2n) is 5.88. The van der Waals surface area contributed by atoms with Crippen LogP contribution in [0.1, 0.15) is 53.0 Å². The molecule has 106 valence electrons. The Labute approximate surface area is 115 Å². The molecule has 0 saturated heterocycles. The van der Waals surface area contributed by atoms with Crippen molar-refractivity contribution in [3.8, 4) is 5.75 Å². The van der Waals surface area contributed by atoms with Crippen LogP contribution in [0.15, 0.2) is 18.5 Å². The highest BCUT2D eigenvalue weighted by atomic mass is 16.6. The van der Waals surface area contributed by atoms with Crippen molar-refractivity contribution in [3.63, 3.8) is 0 Å². The predicted octanol–water partition coefficient (Wildman–Crippen LogP) is 3.31. The van der Waals surface area contributed by atoms with Crippen molar-refractivity contribution in [3.05, 3.63) is 24.0 Å². The van der Waals surface area contributed by atoms with Crippen LogP contribution in [0.2, 0.25) is 0 Å². The molecule has 1 aromatic heterocycles. The quantitative estimate of drug-likeness (QED) is 0.784. The molecule has 0 aliphatic carbocycles. The van der Waals surface area contributed by atoms with E-state index in [9.17, 15) is 4.79 Å². The summed E-state index contributed by atoms with van der Waals surface area (Å²) in [6.07, 6.45) is 3.39. The molecule has 0 aliphatic rings. The summed E-state index contributed by atoms with van der Waals surface area (Å²) in [4.78, 5) is 16.1. The van der Waals surface area contributed by atoms with Crippen molar-refractivity contribution in [1.29, 1.82) is 0 Å². The van der Waals surface area contributed by atoms with Gasteiger partial charge in [-0.3, -0.25) is 9.78 Å². The first-order chi connectivity index (χ1) is 8.69. The van der Waals surface area contributed by atoms with Crippen LogP contribution in [0.25, 0.3) is 0 Å². The third kappa shape index (κ3) is 5.28. The number of rotatable bonds is 4. The van der Waals surface area contributed by atoms with E-state index in [4.69, 9.17) is 9.47 Å². The monoisotopic (exact) mass is 265 g/mol. The molecule has 19 heavy (non-hydrogen) atoms. The lowest BCUT2D eigenvalue weighted by Crippen LogP contribution is -2.26. The maximum atomic E-state index is 12.0. The van der Waals surface area contributed by atoms with Crippen molar-refractivity contribution < 1.29 is 14.3 Å². The molecule has 1 atom stereocenters. The van der Waals surface area contributed by atoms with E-state index in [1.165, 1.54) is 0 Å². The zero-order valence-corrected chi connectivity index (χ0v) is 12.6. The molecular formula is C15H23NO3. The van der Waals surface area contributed by atoms with E-state index in [-0.39, 0.29) is 18.0 Å². The van der Waals surface area contributed by atoms with E-state index in [0.29, 0.717) is 5.75 Å². The third-order valence-corrected chi connectivity index (χ3v) is 2.37. The summed E-state index contributed by atoms with van der Waals surface area (Å²) < 4.78 is 10.9. The van der Waals surface area contributed by atoms with Gasteiger partial charge < -0.3 is 9.47 Å². The Hall–Kier alpha value is -1.58. The first-order valence-electron chi connectivity index (χ1n) is 6.53. The highest BCUT2D eigenvalue weighted by molar-refractivity contribution is 5.78. The number of aromatic nitrogens is 1. The van der Waals surface area contributed by atoms with Gasteiger partial charge in [0.25, 0.3) is 0 Å². The van der Waals surface area contributed by atoms with Crippen molar-refractivity contribution in [2.75, 3.05) is 0 Å². The van der Waals surface area contributed by atoms with E-state index in [2.05, 4.69) is 4.98 Å². The van der Waals surface area contributed by atoms with Gasteiger partial charge in [-0.15, -0.1) is 0 Å². The molecule has 0 spiro atoms. The van der Waals surface area contributed by atoms with E-state index in [1.807, 2.05) is 47.6 Å². The van der Waals surface area contributed by atoms with Crippen LogP contribution in [-0.4, -0.2) is 22.7 Å². The maximum absolute atomic E-state index is 12.0. The molecule has 0 radical (unpaired) electrons. The first-order valence-corrected chi connectivity index (χ1v) is 6.53. The number of esters is 1. The van der Waals surface area contributed by atoms with Crippen LogP contribution in [0, 0.1) is 0 Å². The van der Waals surface area contributed by atoms with Crippen LogP contribution in [0.3, 0.4) is 0 Å². The molecular weight excluding hydrogens is 242 g/mol. The van der Waals surface area contributed by atoms with Gasteiger partial charge in [-0.05, 0) is 53.2 Å². The lowest BCUT2D eigenvalue weighted by molar-refractivity contribution is -0.156. The van der Waals surface area contributed by atoms with Crippen LogP contribution in [-0.2, 0) is 9.53 Å². The van der Waals surface area contributed by atoms with Gasteiger partial charge in [-0.1, -0.05) is 0 Å². The molecule has 1 unspecified atom stereocenters. The largest absolute Gasteiger partial charge is 0.489 e. The number of pyridine rings is 1. The summed E-state index contributed by atoms with van der Waals surface area (Å²) in [5, 5.41) is 0. The number of hydrogen-bond donors (Lipinski definition) is 0. The number of nitrogens with zero attached hydrogens (tertiary/aromatic N) is 1. The Morgan fingerprint density at radius 2 is 1.84 bits per heavy atom. The molecule has 0 bridgehead atoms. The molecule has 1 rings (SSSR count). The van der Waals surface area contributed by atoms with Crippen LogP contribution >= 0.6 is 0 Å². The molecule has 1 aromatic rings. The molecule has 1 heterocycles. The first kappa shape index (κ1) is 15.5. The van der Waals surface area contributed by atoms with Gasteiger partial charge in [-0.25, -0.2) is 0 Å². The molecule has 4 heteroatoms. The smallest absolute Gasteiger partial charge is 0.313 e. The Kier molecular flexibility index (Phi) is 4.92. The zero-order chi connectivity index (χ0) is 14.6. The highest BCUT2D eigenvalue weighted by Gasteiger charge is 2.23. The van der Waals surface area contributed by atoms with E-state index in [0.717, 1.165) is 5.56 Å². The van der Waals surface area contributed by atoms with Gasteiger partial charge in [0.05, 0.1) is 18.2 Å². The van der Waals surface area contributed by atoms with Gasteiger partial charge in [-0.2, -0.15) is 0 Å². The fraction of sp³-hybridized carbons (Fsp3) is 0.600. The second-order valence-corrected chi connectivity index (χ2v) is 5.88. The van der Waals surface area contributed by atoms with E-state index >= 15 is 0 Å². The summed E-state index contributed by atoms with van der Waals surface area (Å²) in [5.41, 5.74) is 0.317.